The SMILES string of the molecule is NCC1(C(=O)NC2C3CCC(C3)C2C(=O)O)CCCCC1. The number of hydrogen-bond donors (Lipinski definition) is 3. The van der Waals surface area contributed by atoms with Crippen molar-refractivity contribution in [1.29, 1.82) is 0 Å². The molecule has 0 heterocycles. The molecule has 0 radical (unpaired) electrons. The lowest BCUT2D eigenvalue weighted by Gasteiger charge is -2.38. The lowest BCUT2D eigenvalue weighted by molar-refractivity contribution is -0.145. The van der Waals surface area contributed by atoms with Crippen LogP contribution in [0.3, 0.4) is 0 Å². The fourth-order valence-corrected chi connectivity index (χ4v) is 4.91. The van der Waals surface area contributed by atoms with E-state index in [0.717, 1.165) is 44.9 Å². The van der Waals surface area contributed by atoms with Gasteiger partial charge in [-0.05, 0) is 43.9 Å². The third-order valence-electron chi connectivity index (χ3n) is 6.18. The second kappa shape index (κ2) is 5.59. The highest BCUT2D eigenvalue weighted by Gasteiger charge is 2.52. The minimum Gasteiger partial charge on any atom is -0.481 e. The Morgan fingerprint density at radius 3 is 2.43 bits per heavy atom. The molecule has 2 bridgehead atoms. The van der Waals surface area contributed by atoms with Gasteiger partial charge < -0.3 is 16.2 Å². The molecule has 1 amide bonds. The van der Waals surface area contributed by atoms with E-state index in [0.29, 0.717) is 12.5 Å². The van der Waals surface area contributed by atoms with Crippen LogP contribution in [0.2, 0.25) is 0 Å². The first-order chi connectivity index (χ1) is 10.1. The molecule has 4 N–H and O–H groups in total. The van der Waals surface area contributed by atoms with Gasteiger partial charge in [-0.1, -0.05) is 19.3 Å². The van der Waals surface area contributed by atoms with Gasteiger partial charge in [-0.2, -0.15) is 0 Å². The standard InChI is InChI=1S/C16H26N2O3/c17-9-16(6-2-1-3-7-16)15(21)18-13-11-5-4-10(8-11)12(13)14(19)20/h10-13H,1-9,17H2,(H,18,21)(H,19,20). The summed E-state index contributed by atoms with van der Waals surface area (Å²) in [7, 11) is 0. The molecule has 3 aliphatic carbocycles. The molecular weight excluding hydrogens is 268 g/mol. The number of rotatable bonds is 4. The Balaban J connectivity index is 1.72. The van der Waals surface area contributed by atoms with Gasteiger partial charge in [0.15, 0.2) is 0 Å². The first-order valence-corrected chi connectivity index (χ1v) is 8.31. The van der Waals surface area contributed by atoms with Crippen LogP contribution in [-0.2, 0) is 9.59 Å². The molecule has 0 aromatic heterocycles. The Labute approximate surface area is 125 Å². The number of fused-ring (bicyclic) bond motifs is 2. The minimum absolute atomic E-state index is 0.00787. The van der Waals surface area contributed by atoms with Crippen LogP contribution >= 0.6 is 0 Å². The summed E-state index contributed by atoms with van der Waals surface area (Å²) in [5, 5.41) is 12.6. The first-order valence-electron chi connectivity index (χ1n) is 8.31. The minimum atomic E-state index is -0.752. The normalized spacial score (nSPS) is 37.4. The third kappa shape index (κ3) is 2.45. The van der Waals surface area contributed by atoms with E-state index in [-0.39, 0.29) is 17.9 Å². The van der Waals surface area contributed by atoms with E-state index in [9.17, 15) is 14.7 Å². The maximum Gasteiger partial charge on any atom is 0.308 e. The summed E-state index contributed by atoms with van der Waals surface area (Å²) in [6.07, 6.45) is 7.94. The molecule has 118 valence electrons. The van der Waals surface area contributed by atoms with Gasteiger partial charge in [0.25, 0.3) is 0 Å². The van der Waals surface area contributed by atoms with E-state index < -0.39 is 17.3 Å². The molecule has 4 unspecified atom stereocenters. The summed E-state index contributed by atoms with van der Waals surface area (Å²) in [4.78, 5) is 24.3. The molecule has 3 rings (SSSR count). The number of amides is 1. The fourth-order valence-electron chi connectivity index (χ4n) is 4.91. The number of nitrogens with one attached hydrogen (secondary N) is 1. The highest BCUT2D eigenvalue weighted by molar-refractivity contribution is 5.84. The van der Waals surface area contributed by atoms with Crippen molar-refractivity contribution in [2.45, 2.75) is 57.4 Å². The summed E-state index contributed by atoms with van der Waals surface area (Å²) >= 11 is 0. The summed E-state index contributed by atoms with van der Waals surface area (Å²) in [6, 6.07) is -0.181. The van der Waals surface area contributed by atoms with Crippen molar-refractivity contribution >= 4 is 11.9 Å². The van der Waals surface area contributed by atoms with Crippen LogP contribution in [0.15, 0.2) is 0 Å². The van der Waals surface area contributed by atoms with Crippen LogP contribution in [0.4, 0.5) is 0 Å². The van der Waals surface area contributed by atoms with E-state index >= 15 is 0 Å². The molecule has 21 heavy (non-hydrogen) atoms. The number of aliphatic carboxylic acids is 1. The molecule has 0 aliphatic heterocycles. The number of nitrogens with two attached hydrogens (primary N) is 1. The van der Waals surface area contributed by atoms with Crippen LogP contribution in [0.1, 0.15) is 51.4 Å². The molecule has 3 saturated carbocycles. The van der Waals surface area contributed by atoms with Crippen molar-refractivity contribution < 1.29 is 14.7 Å². The number of hydrogen-bond acceptors (Lipinski definition) is 3. The third-order valence-corrected chi connectivity index (χ3v) is 6.18. The summed E-state index contributed by atoms with van der Waals surface area (Å²) in [5.74, 6) is -0.547. The molecule has 5 heteroatoms. The van der Waals surface area contributed by atoms with Crippen molar-refractivity contribution in [3.63, 3.8) is 0 Å². The van der Waals surface area contributed by atoms with Gasteiger partial charge in [0.05, 0.1) is 11.3 Å². The molecule has 0 saturated heterocycles. The summed E-state index contributed by atoms with van der Waals surface area (Å²) in [5.41, 5.74) is 5.45. The molecular formula is C16H26N2O3. The van der Waals surface area contributed by atoms with Crippen LogP contribution in [0.5, 0.6) is 0 Å². The Kier molecular flexibility index (Phi) is 3.95. The van der Waals surface area contributed by atoms with E-state index in [4.69, 9.17) is 5.73 Å². The maximum atomic E-state index is 12.8. The van der Waals surface area contributed by atoms with Crippen LogP contribution in [0, 0.1) is 23.2 Å². The Morgan fingerprint density at radius 1 is 1.14 bits per heavy atom. The van der Waals surface area contributed by atoms with Crippen LogP contribution < -0.4 is 11.1 Å². The average molecular weight is 294 g/mol. The van der Waals surface area contributed by atoms with Gasteiger partial charge in [0.1, 0.15) is 0 Å². The Hall–Kier alpha value is -1.10. The van der Waals surface area contributed by atoms with Crippen LogP contribution in [-0.4, -0.2) is 29.6 Å². The molecule has 3 aliphatic rings. The number of carboxylic acids is 1. The van der Waals surface area contributed by atoms with Gasteiger partial charge in [0, 0.05) is 12.6 Å². The van der Waals surface area contributed by atoms with Crippen molar-refractivity contribution in [2.75, 3.05) is 6.54 Å². The molecule has 0 aromatic rings. The topological polar surface area (TPSA) is 92.4 Å². The van der Waals surface area contributed by atoms with E-state index in [2.05, 4.69) is 5.32 Å². The number of carboxylic acid groups (broad SMARTS) is 1. The van der Waals surface area contributed by atoms with Gasteiger partial charge >= 0.3 is 5.97 Å². The average Bonchev–Trinajstić information content (AvgIpc) is 3.08. The van der Waals surface area contributed by atoms with Crippen LogP contribution in [0.25, 0.3) is 0 Å². The highest BCUT2D eigenvalue weighted by Crippen LogP contribution is 2.49. The van der Waals surface area contributed by atoms with Gasteiger partial charge in [0.2, 0.25) is 5.91 Å². The molecule has 0 spiro atoms. The Bertz CT molecular complexity index is 431. The first kappa shape index (κ1) is 14.8. The van der Waals surface area contributed by atoms with Crippen molar-refractivity contribution in [1.82, 2.24) is 5.32 Å². The largest absolute Gasteiger partial charge is 0.481 e. The van der Waals surface area contributed by atoms with Gasteiger partial charge in [-0.15, -0.1) is 0 Å². The monoisotopic (exact) mass is 294 g/mol. The predicted molar refractivity (Wildman–Crippen MR) is 78.5 cm³/mol. The zero-order valence-corrected chi connectivity index (χ0v) is 12.5. The van der Waals surface area contributed by atoms with Crippen molar-refractivity contribution in [3.8, 4) is 0 Å². The lowest BCUT2D eigenvalue weighted by atomic mass is 9.72. The van der Waals surface area contributed by atoms with E-state index in [1.54, 1.807) is 0 Å². The van der Waals surface area contributed by atoms with Gasteiger partial charge in [-0.3, -0.25) is 9.59 Å². The summed E-state index contributed by atoms with van der Waals surface area (Å²) < 4.78 is 0. The van der Waals surface area contributed by atoms with Crippen molar-refractivity contribution in [2.24, 2.45) is 28.9 Å². The lowest BCUT2D eigenvalue weighted by Crippen LogP contribution is -2.54. The summed E-state index contributed by atoms with van der Waals surface area (Å²) in [6.45, 7) is 0.372. The molecule has 3 fully saturated rings. The second-order valence-corrected chi connectivity index (χ2v) is 7.24. The smallest absolute Gasteiger partial charge is 0.308 e. The molecule has 4 atom stereocenters. The zero-order chi connectivity index (χ0) is 15.0. The van der Waals surface area contributed by atoms with Gasteiger partial charge in [-0.25, -0.2) is 0 Å². The number of carbonyl (C=O) groups excluding carboxylic acids is 1. The molecule has 5 nitrogen and oxygen atoms in total. The fraction of sp³-hybridized carbons (Fsp3) is 0.875. The maximum absolute atomic E-state index is 12.8. The van der Waals surface area contributed by atoms with E-state index in [1.807, 2.05) is 0 Å². The second-order valence-electron chi connectivity index (χ2n) is 7.24. The Morgan fingerprint density at radius 2 is 1.81 bits per heavy atom. The van der Waals surface area contributed by atoms with E-state index in [1.165, 1.54) is 6.42 Å². The predicted octanol–water partition coefficient (Wildman–Crippen LogP) is 1.51. The molecule has 0 aromatic carbocycles. The van der Waals surface area contributed by atoms with Crippen molar-refractivity contribution in [3.05, 3.63) is 0 Å². The number of carbonyl (C=O) groups is 2. The zero-order valence-electron chi connectivity index (χ0n) is 12.5. The quantitative estimate of drug-likeness (QED) is 0.733. The highest BCUT2D eigenvalue weighted by atomic mass is 16.4.